The first-order valence-corrected chi connectivity index (χ1v) is 1.72. The molecule has 0 saturated carbocycles. The fraction of sp³-hybridized carbons (Fsp3) is 0.100. The number of rotatable bonds is 0. The first-order valence-electron chi connectivity index (χ1n) is 1.72. The quantitative estimate of drug-likeness (QED) is 0.563. The Balaban J connectivity index is -0.00000000397. The van der Waals surface area contributed by atoms with E-state index in [0.717, 1.165) is 6.42 Å². The molecule has 0 amide bonds. The van der Waals surface area contributed by atoms with Crippen LogP contribution in [0.25, 0.3) is 0 Å². The topological polar surface area (TPSA) is 0 Å². The fourth-order valence-electron chi connectivity index (χ4n) is 0.340. The van der Waals surface area contributed by atoms with Gasteiger partial charge in [0, 0.05) is 18.6 Å². The van der Waals surface area contributed by atoms with E-state index >= 15 is 0 Å². The minimum absolute atomic E-state index is 0. The minimum Gasteiger partial charge on any atom is -0.358 e. The molecule has 0 aromatic carbocycles. The molecule has 1 rings (SSSR count). The summed E-state index contributed by atoms with van der Waals surface area (Å²) >= 11 is 0. The maximum Gasteiger partial charge on any atom is 0 e. The summed E-state index contributed by atoms with van der Waals surface area (Å²) in [6, 6.07) is 0. The summed E-state index contributed by atoms with van der Waals surface area (Å²) in [7, 11) is 0. The smallest absolute Gasteiger partial charge is 0 e. The van der Waals surface area contributed by atoms with Crippen LogP contribution in [-0.4, -0.2) is 0 Å². The van der Waals surface area contributed by atoms with E-state index in [2.05, 4.69) is 12.2 Å². The second kappa shape index (κ2) is 66.2. The summed E-state index contributed by atoms with van der Waals surface area (Å²) in [5, 5.41) is 0. The molecule has 0 aromatic rings. The van der Waals surface area contributed by atoms with E-state index < -0.39 is 0 Å². The summed E-state index contributed by atoms with van der Waals surface area (Å²) in [5.74, 6) is 0. The molecule has 0 aliphatic heterocycles. The molecule has 95 valence electrons. The van der Waals surface area contributed by atoms with Gasteiger partial charge < -0.3 is 37.1 Å². The Morgan fingerprint density at radius 2 is 1.14 bits per heavy atom. The van der Waals surface area contributed by atoms with Crippen LogP contribution in [0.4, 0.5) is 0 Å². The SMILES string of the molecule is Cl.Cl.Cl.[C-]1=CC=CC1.[CH3-].[CH3-].[CH3-].[CH3-].[CH3-].[V]. The largest absolute Gasteiger partial charge is 0.358 e. The van der Waals surface area contributed by atoms with Crippen LogP contribution in [0.2, 0.25) is 0 Å². The molecule has 0 saturated heterocycles. The molecule has 0 unspecified atom stereocenters. The Morgan fingerprint density at radius 3 is 1.21 bits per heavy atom. The van der Waals surface area contributed by atoms with Crippen molar-refractivity contribution in [1.29, 1.82) is 0 Å². The van der Waals surface area contributed by atoms with E-state index in [-0.39, 0.29) is 92.9 Å². The van der Waals surface area contributed by atoms with Gasteiger partial charge in [0.15, 0.2) is 0 Å². The van der Waals surface area contributed by atoms with Gasteiger partial charge in [-0.25, -0.2) is 12.2 Å². The Labute approximate surface area is 123 Å². The second-order valence-corrected chi connectivity index (χ2v) is 1.00. The van der Waals surface area contributed by atoms with Crippen molar-refractivity contribution < 1.29 is 18.6 Å². The first kappa shape index (κ1) is 82.3. The van der Waals surface area contributed by atoms with Gasteiger partial charge in [-0.3, -0.25) is 6.08 Å². The van der Waals surface area contributed by atoms with Crippen LogP contribution in [0.3, 0.4) is 0 Å². The van der Waals surface area contributed by atoms with Crippen LogP contribution in [0.15, 0.2) is 18.2 Å². The predicted octanol–water partition coefficient (Wildman–Crippen LogP) is 4.82. The monoisotopic (exact) mass is 299 g/mol. The zero-order valence-electron chi connectivity index (χ0n) is 9.61. The molecule has 0 spiro atoms. The summed E-state index contributed by atoms with van der Waals surface area (Å²) in [4.78, 5) is 0. The van der Waals surface area contributed by atoms with Crippen molar-refractivity contribution in [1.82, 2.24) is 0 Å². The van der Waals surface area contributed by atoms with Gasteiger partial charge in [-0.05, 0) is 0 Å². The number of halogens is 3. The molecule has 1 aliphatic carbocycles. The van der Waals surface area contributed by atoms with Crippen LogP contribution in [0, 0.1) is 43.2 Å². The van der Waals surface area contributed by atoms with Crippen molar-refractivity contribution in [3.05, 3.63) is 61.4 Å². The molecule has 1 radical (unpaired) electrons. The third kappa shape index (κ3) is 52.3. The maximum atomic E-state index is 2.99. The molecule has 0 nitrogen and oxygen atoms in total. The van der Waals surface area contributed by atoms with Gasteiger partial charge in [-0.1, -0.05) is 0 Å². The summed E-state index contributed by atoms with van der Waals surface area (Å²) in [5.41, 5.74) is 0. The normalized spacial score (nSPS) is 6.29. The van der Waals surface area contributed by atoms with Gasteiger partial charge in [0.25, 0.3) is 0 Å². The summed E-state index contributed by atoms with van der Waals surface area (Å²) in [6.07, 6.45) is 10.0. The molecule has 0 aromatic heterocycles. The van der Waals surface area contributed by atoms with Crippen LogP contribution in [-0.2, 0) is 18.6 Å². The molecule has 0 fully saturated rings. The third-order valence-electron chi connectivity index (χ3n) is 0.586. The van der Waals surface area contributed by atoms with Crippen LogP contribution < -0.4 is 0 Å². The molecule has 0 bridgehead atoms. The predicted molar refractivity (Wildman–Crippen MR) is 75.4 cm³/mol. The van der Waals surface area contributed by atoms with Gasteiger partial charge >= 0.3 is 0 Å². The van der Waals surface area contributed by atoms with E-state index in [1.807, 2.05) is 12.2 Å². The van der Waals surface area contributed by atoms with Crippen LogP contribution in [0.5, 0.6) is 0 Å². The van der Waals surface area contributed by atoms with E-state index in [1.54, 1.807) is 0 Å². The molecule has 14 heavy (non-hydrogen) atoms. The van der Waals surface area contributed by atoms with Crippen molar-refractivity contribution in [2.75, 3.05) is 0 Å². The van der Waals surface area contributed by atoms with E-state index in [1.165, 1.54) is 0 Å². The van der Waals surface area contributed by atoms with Crippen molar-refractivity contribution in [2.24, 2.45) is 0 Å². The Hall–Kier alpha value is 0.934. The van der Waals surface area contributed by atoms with Gasteiger partial charge in [0.1, 0.15) is 0 Å². The van der Waals surface area contributed by atoms with Gasteiger partial charge in [-0.15, -0.1) is 43.6 Å². The fourth-order valence-corrected chi connectivity index (χ4v) is 0.340. The van der Waals surface area contributed by atoms with Crippen molar-refractivity contribution >= 4 is 37.2 Å². The standard InChI is InChI=1S/C5H5.5CH3.3ClH.V/c1-2-4-5-3-1;;;;;;;;;/h1-3H,4H2;5*1H3;3*1H;/q6*-1;;;;. The Morgan fingerprint density at radius 1 is 0.786 bits per heavy atom. The molecular weight excluding hydrogens is 277 g/mol. The van der Waals surface area contributed by atoms with Gasteiger partial charge in [0.05, 0.1) is 0 Å². The zero-order valence-corrected chi connectivity index (χ0v) is 13.5. The molecular formula is C10H23Cl3V-6. The number of allylic oxidation sites excluding steroid dienone is 4. The van der Waals surface area contributed by atoms with Crippen LogP contribution >= 0.6 is 37.2 Å². The van der Waals surface area contributed by atoms with Crippen molar-refractivity contribution in [2.45, 2.75) is 6.42 Å². The minimum atomic E-state index is 0. The number of hydrogen-bond donors (Lipinski definition) is 0. The van der Waals surface area contributed by atoms with Gasteiger partial charge in [0.2, 0.25) is 0 Å². The summed E-state index contributed by atoms with van der Waals surface area (Å²) in [6.45, 7) is 0. The average molecular weight is 301 g/mol. The van der Waals surface area contributed by atoms with Crippen LogP contribution in [0.1, 0.15) is 6.42 Å². The molecule has 1 aliphatic rings. The molecule has 4 heteroatoms. The molecule has 0 heterocycles. The van der Waals surface area contributed by atoms with E-state index in [9.17, 15) is 0 Å². The van der Waals surface area contributed by atoms with Gasteiger partial charge in [-0.2, -0.15) is 6.08 Å². The maximum absolute atomic E-state index is 2.99. The number of hydrogen-bond acceptors (Lipinski definition) is 0. The first-order chi connectivity index (χ1) is 2.50. The molecule has 0 atom stereocenters. The Kier molecular flexibility index (Phi) is 389. The van der Waals surface area contributed by atoms with E-state index in [4.69, 9.17) is 0 Å². The third-order valence-corrected chi connectivity index (χ3v) is 0.586. The zero-order chi connectivity index (χ0) is 3.54. The van der Waals surface area contributed by atoms with E-state index in [0.29, 0.717) is 0 Å². The Bertz CT molecular complexity index is 73.4. The average Bonchev–Trinajstić information content (AvgIpc) is 1.76. The van der Waals surface area contributed by atoms with Crippen molar-refractivity contribution in [3.8, 4) is 0 Å². The molecule has 0 N–H and O–H groups in total. The second-order valence-electron chi connectivity index (χ2n) is 1.00. The summed E-state index contributed by atoms with van der Waals surface area (Å²) < 4.78 is 0. The van der Waals surface area contributed by atoms with Crippen molar-refractivity contribution in [3.63, 3.8) is 0 Å².